The third kappa shape index (κ3) is 1.86. The van der Waals surface area contributed by atoms with Gasteiger partial charge in [-0.1, -0.05) is 0 Å². The first-order valence-electron chi connectivity index (χ1n) is 6.62. The van der Waals surface area contributed by atoms with Crippen molar-refractivity contribution in [2.24, 2.45) is 0 Å². The highest BCUT2D eigenvalue weighted by atomic mass is 35.5. The van der Waals surface area contributed by atoms with Gasteiger partial charge in [-0.2, -0.15) is 4.98 Å². The number of amides is 1. The van der Waals surface area contributed by atoms with E-state index in [9.17, 15) is 4.79 Å². The fraction of sp³-hybridized carbons (Fsp3) is 0.615. The lowest BCUT2D eigenvalue weighted by molar-refractivity contribution is -0.121. The maximum atomic E-state index is 12.4. The van der Waals surface area contributed by atoms with Gasteiger partial charge in [-0.05, 0) is 25.4 Å². The van der Waals surface area contributed by atoms with Gasteiger partial charge in [0.05, 0.1) is 24.3 Å². The van der Waals surface area contributed by atoms with Gasteiger partial charge in [-0.25, -0.2) is 4.98 Å². The summed E-state index contributed by atoms with van der Waals surface area (Å²) in [5.41, 5.74) is 0.801. The quantitative estimate of drug-likeness (QED) is 0.729. The topological polar surface area (TPSA) is 58.6 Å². The average molecular weight is 297 g/mol. The van der Waals surface area contributed by atoms with E-state index >= 15 is 0 Å². The lowest BCUT2D eigenvalue weighted by atomic mass is 9.90. The number of aromatic nitrogens is 2. The molecule has 0 spiro atoms. The molecule has 0 aliphatic carbocycles. The van der Waals surface area contributed by atoms with Crippen LogP contribution in [0.3, 0.4) is 0 Å². The van der Waals surface area contributed by atoms with Crippen LogP contribution in [-0.2, 0) is 14.9 Å². The molecule has 0 unspecified atom stereocenters. The summed E-state index contributed by atoms with van der Waals surface area (Å²) < 4.78 is 5.36. The Balaban J connectivity index is 2.16. The van der Waals surface area contributed by atoms with Crippen LogP contribution in [0.25, 0.3) is 0 Å². The molecule has 2 aliphatic rings. The minimum atomic E-state index is -0.669. The van der Waals surface area contributed by atoms with Gasteiger partial charge in [-0.3, -0.25) is 4.79 Å². The molecular formula is C13H17ClN4O2. The number of anilines is 2. The summed E-state index contributed by atoms with van der Waals surface area (Å²) in [6.45, 7) is 6.51. The van der Waals surface area contributed by atoms with E-state index in [4.69, 9.17) is 16.3 Å². The van der Waals surface area contributed by atoms with Gasteiger partial charge in [0.15, 0.2) is 5.82 Å². The molecule has 1 aromatic rings. The van der Waals surface area contributed by atoms with Crippen LogP contribution in [0.2, 0.25) is 5.28 Å². The molecule has 20 heavy (non-hydrogen) atoms. The second kappa shape index (κ2) is 4.56. The molecule has 6 nitrogen and oxygen atoms in total. The van der Waals surface area contributed by atoms with Crippen LogP contribution < -0.4 is 9.80 Å². The van der Waals surface area contributed by atoms with Crippen molar-refractivity contribution in [3.8, 4) is 0 Å². The lowest BCUT2D eigenvalue weighted by Crippen LogP contribution is -2.38. The minimum absolute atomic E-state index is 0.0126. The van der Waals surface area contributed by atoms with Gasteiger partial charge < -0.3 is 14.5 Å². The van der Waals surface area contributed by atoms with Gasteiger partial charge in [0.25, 0.3) is 0 Å². The molecule has 3 rings (SSSR count). The molecule has 0 N–H and O–H groups in total. The predicted octanol–water partition coefficient (Wildman–Crippen LogP) is 1.22. The monoisotopic (exact) mass is 296 g/mol. The second-order valence-electron chi connectivity index (χ2n) is 5.60. The Morgan fingerprint density at radius 2 is 1.90 bits per heavy atom. The summed E-state index contributed by atoms with van der Waals surface area (Å²) in [4.78, 5) is 24.8. The Kier molecular flexibility index (Phi) is 3.10. The zero-order valence-corrected chi connectivity index (χ0v) is 12.6. The molecule has 1 aromatic heterocycles. The van der Waals surface area contributed by atoms with Crippen molar-refractivity contribution in [1.29, 1.82) is 0 Å². The fourth-order valence-corrected chi connectivity index (χ4v) is 2.94. The molecule has 2 aliphatic heterocycles. The standard InChI is InChI=1S/C13H17ClN4O2/c1-13(2)9-8(17(3)11(13)19)10(16-12(14)15-9)18-4-6-20-7-5-18/h4-7H2,1-3H3. The molecule has 0 atom stereocenters. The molecule has 0 bridgehead atoms. The number of carbonyl (C=O) groups excluding carboxylic acids is 1. The number of morpholine rings is 1. The molecule has 1 fully saturated rings. The van der Waals surface area contributed by atoms with Crippen molar-refractivity contribution in [2.45, 2.75) is 19.3 Å². The van der Waals surface area contributed by atoms with E-state index in [1.165, 1.54) is 0 Å². The van der Waals surface area contributed by atoms with E-state index < -0.39 is 5.41 Å². The number of ether oxygens (including phenoxy) is 1. The number of halogens is 1. The molecule has 3 heterocycles. The maximum absolute atomic E-state index is 12.4. The lowest BCUT2D eigenvalue weighted by Gasteiger charge is -2.30. The zero-order chi connectivity index (χ0) is 14.5. The van der Waals surface area contributed by atoms with Crippen molar-refractivity contribution in [3.63, 3.8) is 0 Å². The first-order chi connectivity index (χ1) is 9.43. The Morgan fingerprint density at radius 1 is 1.25 bits per heavy atom. The summed E-state index contributed by atoms with van der Waals surface area (Å²) in [6, 6.07) is 0. The van der Waals surface area contributed by atoms with Crippen LogP contribution in [0.4, 0.5) is 11.5 Å². The molecule has 0 aromatic carbocycles. The van der Waals surface area contributed by atoms with Crippen LogP contribution in [0.1, 0.15) is 19.5 Å². The van der Waals surface area contributed by atoms with E-state index in [0.717, 1.165) is 24.6 Å². The molecule has 1 amide bonds. The number of likely N-dealkylation sites (N-methyl/N-ethyl adjacent to an activating group) is 1. The number of rotatable bonds is 1. The molecule has 0 saturated carbocycles. The maximum Gasteiger partial charge on any atom is 0.238 e. The summed E-state index contributed by atoms with van der Waals surface area (Å²) in [7, 11) is 1.76. The minimum Gasteiger partial charge on any atom is -0.378 e. The highest BCUT2D eigenvalue weighted by molar-refractivity contribution is 6.28. The fourth-order valence-electron chi connectivity index (χ4n) is 2.78. The van der Waals surface area contributed by atoms with E-state index in [1.54, 1.807) is 11.9 Å². The van der Waals surface area contributed by atoms with Gasteiger partial charge in [0.1, 0.15) is 5.69 Å². The van der Waals surface area contributed by atoms with Crippen molar-refractivity contribution in [2.75, 3.05) is 43.2 Å². The van der Waals surface area contributed by atoms with Gasteiger partial charge >= 0.3 is 0 Å². The summed E-state index contributed by atoms with van der Waals surface area (Å²) in [5, 5.41) is 0.182. The molecule has 1 saturated heterocycles. The van der Waals surface area contributed by atoms with E-state index in [1.807, 2.05) is 13.8 Å². The highest BCUT2D eigenvalue weighted by Crippen LogP contribution is 2.44. The molecule has 0 radical (unpaired) electrons. The molecule has 108 valence electrons. The Bertz CT molecular complexity index is 570. The van der Waals surface area contributed by atoms with Crippen molar-refractivity contribution in [3.05, 3.63) is 11.0 Å². The number of fused-ring (bicyclic) bond motifs is 1. The smallest absolute Gasteiger partial charge is 0.238 e. The predicted molar refractivity (Wildman–Crippen MR) is 76.5 cm³/mol. The normalized spacial score (nSPS) is 21.3. The highest BCUT2D eigenvalue weighted by Gasteiger charge is 2.46. The number of hydrogen-bond acceptors (Lipinski definition) is 5. The Hall–Kier alpha value is -1.40. The zero-order valence-electron chi connectivity index (χ0n) is 11.8. The van der Waals surface area contributed by atoms with Crippen LogP contribution in [0.15, 0.2) is 0 Å². The van der Waals surface area contributed by atoms with E-state index in [0.29, 0.717) is 18.9 Å². The first-order valence-corrected chi connectivity index (χ1v) is 6.99. The second-order valence-corrected chi connectivity index (χ2v) is 5.94. The number of carbonyl (C=O) groups is 1. The number of hydrogen-bond donors (Lipinski definition) is 0. The van der Waals surface area contributed by atoms with Gasteiger partial charge in [0, 0.05) is 20.1 Å². The van der Waals surface area contributed by atoms with Crippen LogP contribution >= 0.6 is 11.6 Å². The van der Waals surface area contributed by atoms with E-state index in [2.05, 4.69) is 14.9 Å². The van der Waals surface area contributed by atoms with Crippen LogP contribution in [-0.4, -0.2) is 49.2 Å². The van der Waals surface area contributed by atoms with Crippen molar-refractivity contribution in [1.82, 2.24) is 9.97 Å². The first kappa shape index (κ1) is 13.6. The van der Waals surface area contributed by atoms with Crippen LogP contribution in [0, 0.1) is 0 Å². The molecule has 7 heteroatoms. The molecular weight excluding hydrogens is 280 g/mol. The van der Waals surface area contributed by atoms with Crippen molar-refractivity contribution < 1.29 is 9.53 Å². The Labute approximate surface area is 122 Å². The Morgan fingerprint density at radius 3 is 2.55 bits per heavy atom. The third-order valence-corrected chi connectivity index (χ3v) is 4.08. The summed E-state index contributed by atoms with van der Waals surface area (Å²) in [5.74, 6) is 0.739. The number of nitrogens with zero attached hydrogens (tertiary/aromatic N) is 4. The average Bonchev–Trinajstić information content (AvgIpc) is 2.61. The summed E-state index contributed by atoms with van der Waals surface area (Å²) in [6.07, 6.45) is 0. The summed E-state index contributed by atoms with van der Waals surface area (Å²) >= 11 is 6.06. The largest absolute Gasteiger partial charge is 0.378 e. The van der Waals surface area contributed by atoms with Crippen molar-refractivity contribution >= 4 is 29.0 Å². The van der Waals surface area contributed by atoms with Gasteiger partial charge in [-0.15, -0.1) is 0 Å². The van der Waals surface area contributed by atoms with Crippen LogP contribution in [0.5, 0.6) is 0 Å². The SMILES string of the molecule is CN1C(=O)C(C)(C)c2nc(Cl)nc(N3CCOCC3)c21. The third-order valence-electron chi connectivity index (χ3n) is 3.92. The van der Waals surface area contributed by atoms with Gasteiger partial charge in [0.2, 0.25) is 11.2 Å². The van der Waals surface area contributed by atoms with E-state index in [-0.39, 0.29) is 11.2 Å².